The van der Waals surface area contributed by atoms with Gasteiger partial charge >= 0.3 is 0 Å². The van der Waals surface area contributed by atoms with Crippen LogP contribution in [0.2, 0.25) is 0 Å². The van der Waals surface area contributed by atoms with Crippen LogP contribution >= 0.6 is 0 Å². The Labute approximate surface area is 81.3 Å². The van der Waals surface area contributed by atoms with E-state index in [2.05, 4.69) is 5.32 Å². The van der Waals surface area contributed by atoms with Gasteiger partial charge in [-0.1, -0.05) is 25.7 Å². The van der Waals surface area contributed by atoms with Gasteiger partial charge in [-0.25, -0.2) is 0 Å². The van der Waals surface area contributed by atoms with Gasteiger partial charge in [0.2, 0.25) is 0 Å². The van der Waals surface area contributed by atoms with E-state index in [4.69, 9.17) is 5.73 Å². The van der Waals surface area contributed by atoms with Gasteiger partial charge in [0.05, 0.1) is 0 Å². The van der Waals surface area contributed by atoms with Crippen molar-refractivity contribution in [3.05, 3.63) is 0 Å². The van der Waals surface area contributed by atoms with Crippen LogP contribution in [-0.4, -0.2) is 19.1 Å². The zero-order valence-corrected chi connectivity index (χ0v) is 8.47. The predicted molar refractivity (Wildman–Crippen MR) is 55.5 cm³/mol. The molecule has 0 radical (unpaired) electrons. The van der Waals surface area contributed by atoms with Crippen molar-refractivity contribution in [3.63, 3.8) is 0 Å². The highest BCUT2D eigenvalue weighted by atomic mass is 14.9. The van der Waals surface area contributed by atoms with E-state index < -0.39 is 0 Å². The fourth-order valence-corrected chi connectivity index (χ4v) is 3.06. The predicted octanol–water partition coefficient (Wildman–Crippen LogP) is 1.50. The van der Waals surface area contributed by atoms with Gasteiger partial charge in [0.15, 0.2) is 0 Å². The van der Waals surface area contributed by atoms with Gasteiger partial charge in [0.1, 0.15) is 0 Å². The number of hydrogen-bond donors (Lipinski definition) is 2. The van der Waals surface area contributed by atoms with Crippen molar-refractivity contribution in [1.82, 2.24) is 5.32 Å². The minimum absolute atomic E-state index is 0.470. The summed E-state index contributed by atoms with van der Waals surface area (Å²) >= 11 is 0. The van der Waals surface area contributed by atoms with Crippen molar-refractivity contribution in [3.8, 4) is 0 Å². The van der Waals surface area contributed by atoms with E-state index >= 15 is 0 Å². The van der Waals surface area contributed by atoms with Crippen LogP contribution in [0, 0.1) is 11.8 Å². The molecule has 1 aliphatic carbocycles. The van der Waals surface area contributed by atoms with Crippen LogP contribution in [0.3, 0.4) is 0 Å². The average molecular weight is 182 g/mol. The molecule has 1 heterocycles. The van der Waals surface area contributed by atoms with Crippen molar-refractivity contribution in [1.29, 1.82) is 0 Å². The molecule has 2 fully saturated rings. The summed E-state index contributed by atoms with van der Waals surface area (Å²) in [5, 5.41) is 3.45. The molecule has 1 saturated carbocycles. The molecule has 1 saturated heterocycles. The topological polar surface area (TPSA) is 38.0 Å². The Balaban J connectivity index is 1.93. The van der Waals surface area contributed by atoms with Crippen molar-refractivity contribution in [2.45, 2.75) is 44.6 Å². The van der Waals surface area contributed by atoms with Crippen molar-refractivity contribution in [2.75, 3.05) is 13.1 Å². The molecule has 2 heteroatoms. The maximum Gasteiger partial charge on any atom is 0.00823 e. The molecule has 0 amide bonds. The molecule has 0 spiro atoms. The zero-order valence-electron chi connectivity index (χ0n) is 8.47. The Morgan fingerprint density at radius 1 is 0.923 bits per heavy atom. The zero-order chi connectivity index (χ0) is 9.10. The molecular weight excluding hydrogens is 160 g/mol. The lowest BCUT2D eigenvalue weighted by Crippen LogP contribution is -2.34. The van der Waals surface area contributed by atoms with Crippen LogP contribution in [0.25, 0.3) is 0 Å². The minimum Gasteiger partial charge on any atom is -0.327 e. The van der Waals surface area contributed by atoms with Crippen LogP contribution in [-0.2, 0) is 0 Å². The average Bonchev–Trinajstić information content (AvgIpc) is 2.56. The van der Waals surface area contributed by atoms with Crippen LogP contribution in [0.15, 0.2) is 0 Å². The molecule has 0 bridgehead atoms. The first-order valence-corrected chi connectivity index (χ1v) is 5.84. The quantitative estimate of drug-likeness (QED) is 0.645. The highest BCUT2D eigenvalue weighted by molar-refractivity contribution is 4.85. The summed E-state index contributed by atoms with van der Waals surface area (Å²) in [6, 6.07) is 0.470. The lowest BCUT2D eigenvalue weighted by molar-refractivity contribution is 0.275. The maximum absolute atomic E-state index is 6.22. The van der Waals surface area contributed by atoms with E-state index in [1.54, 1.807) is 0 Å². The van der Waals surface area contributed by atoms with Crippen molar-refractivity contribution < 1.29 is 0 Å². The van der Waals surface area contributed by atoms with Gasteiger partial charge in [-0.2, -0.15) is 0 Å². The molecule has 2 aliphatic rings. The second-order valence-corrected chi connectivity index (χ2v) is 4.70. The molecule has 1 aliphatic heterocycles. The lowest BCUT2D eigenvalue weighted by atomic mass is 9.82. The van der Waals surface area contributed by atoms with E-state index in [9.17, 15) is 0 Å². The summed E-state index contributed by atoms with van der Waals surface area (Å²) < 4.78 is 0. The fourth-order valence-electron chi connectivity index (χ4n) is 3.06. The molecule has 0 aromatic carbocycles. The van der Waals surface area contributed by atoms with Crippen LogP contribution in [0.1, 0.15) is 38.5 Å². The van der Waals surface area contributed by atoms with Gasteiger partial charge in [0.25, 0.3) is 0 Å². The van der Waals surface area contributed by atoms with E-state index in [0.717, 1.165) is 18.4 Å². The molecule has 2 rings (SSSR count). The summed E-state index contributed by atoms with van der Waals surface area (Å²) in [5.74, 6) is 1.77. The molecule has 2 unspecified atom stereocenters. The summed E-state index contributed by atoms with van der Waals surface area (Å²) in [6.07, 6.45) is 8.27. The standard InChI is InChI=1S/C11H22N2/c12-11-6-8-13-7-5-10(11)9-3-1-2-4-9/h9-11,13H,1-8,12H2. The van der Waals surface area contributed by atoms with Crippen molar-refractivity contribution in [2.24, 2.45) is 17.6 Å². The number of hydrogen-bond acceptors (Lipinski definition) is 2. The van der Waals surface area contributed by atoms with Gasteiger partial charge in [-0.05, 0) is 37.8 Å². The molecule has 13 heavy (non-hydrogen) atoms. The van der Waals surface area contributed by atoms with Crippen LogP contribution in [0.5, 0.6) is 0 Å². The maximum atomic E-state index is 6.22. The third-order valence-corrected chi connectivity index (χ3v) is 3.86. The Morgan fingerprint density at radius 2 is 1.62 bits per heavy atom. The SMILES string of the molecule is NC1CCNCCC1C1CCCC1. The monoisotopic (exact) mass is 182 g/mol. The molecule has 2 nitrogen and oxygen atoms in total. The van der Waals surface area contributed by atoms with Crippen molar-refractivity contribution >= 4 is 0 Å². The van der Waals surface area contributed by atoms with E-state index in [1.165, 1.54) is 45.1 Å². The number of rotatable bonds is 1. The number of nitrogens with two attached hydrogens (primary N) is 1. The Morgan fingerprint density at radius 3 is 2.38 bits per heavy atom. The summed E-state index contributed by atoms with van der Waals surface area (Å²) in [4.78, 5) is 0. The highest BCUT2D eigenvalue weighted by Gasteiger charge is 2.29. The second kappa shape index (κ2) is 4.43. The minimum atomic E-state index is 0.470. The first-order valence-electron chi connectivity index (χ1n) is 5.84. The van der Waals surface area contributed by atoms with Gasteiger partial charge < -0.3 is 11.1 Å². The van der Waals surface area contributed by atoms with Gasteiger partial charge in [0, 0.05) is 6.04 Å². The summed E-state index contributed by atoms with van der Waals surface area (Å²) in [5.41, 5.74) is 6.22. The van der Waals surface area contributed by atoms with E-state index in [1.807, 2.05) is 0 Å². The summed E-state index contributed by atoms with van der Waals surface area (Å²) in [7, 11) is 0. The number of nitrogens with one attached hydrogen (secondary N) is 1. The molecule has 0 aromatic rings. The normalized spacial score (nSPS) is 37.6. The molecule has 2 atom stereocenters. The molecule has 3 N–H and O–H groups in total. The third kappa shape index (κ3) is 2.23. The third-order valence-electron chi connectivity index (χ3n) is 3.86. The lowest BCUT2D eigenvalue weighted by Gasteiger charge is -2.26. The Bertz CT molecular complexity index is 152. The molecule has 76 valence electrons. The Hall–Kier alpha value is -0.0800. The Kier molecular flexibility index (Phi) is 3.23. The van der Waals surface area contributed by atoms with Crippen LogP contribution < -0.4 is 11.1 Å². The first kappa shape index (κ1) is 9.47. The van der Waals surface area contributed by atoms with Gasteiger partial charge in [-0.15, -0.1) is 0 Å². The van der Waals surface area contributed by atoms with E-state index in [0.29, 0.717) is 6.04 Å². The highest BCUT2D eigenvalue weighted by Crippen LogP contribution is 2.35. The second-order valence-electron chi connectivity index (χ2n) is 4.70. The van der Waals surface area contributed by atoms with Gasteiger partial charge in [-0.3, -0.25) is 0 Å². The van der Waals surface area contributed by atoms with Crippen LogP contribution in [0.4, 0.5) is 0 Å². The smallest absolute Gasteiger partial charge is 0.00823 e. The summed E-state index contributed by atoms with van der Waals surface area (Å²) in [6.45, 7) is 2.32. The van der Waals surface area contributed by atoms with E-state index in [-0.39, 0.29) is 0 Å². The molecular formula is C11H22N2. The fraction of sp³-hybridized carbons (Fsp3) is 1.00. The largest absolute Gasteiger partial charge is 0.327 e. The molecule has 0 aromatic heterocycles. The first-order chi connectivity index (χ1) is 6.38.